The number of carboxylic acid groups (broad SMARTS) is 2. The molecule has 2 aliphatic rings. The van der Waals surface area contributed by atoms with Gasteiger partial charge in [0, 0.05) is 50.3 Å². The molecule has 26 heavy (non-hydrogen) atoms. The number of aryl methyl sites for hydroxylation is 2. The molecule has 3 heterocycles. The summed E-state index contributed by atoms with van der Waals surface area (Å²) in [7, 11) is 2.23. The second kappa shape index (κ2) is 11.6. The summed E-state index contributed by atoms with van der Waals surface area (Å²) in [6.07, 6.45) is 0.971. The van der Waals surface area contributed by atoms with Gasteiger partial charge in [0.05, 0.1) is 18.9 Å². The maximum Gasteiger partial charge on any atom is 0.290 e. The zero-order valence-electron chi connectivity index (χ0n) is 15.7. The van der Waals surface area contributed by atoms with Gasteiger partial charge in [-0.15, -0.1) is 0 Å². The Kier molecular flexibility index (Phi) is 9.85. The Hall–Kier alpha value is -1.97. The standard InChI is InChI=1S/C15H26N4O.2CH2O2/c1-4-15-16-11(2)14(17-15)8-19-6-12-5-18(3)7-13(19)10-20-9-12;2*2-1-3/h12-13H,4-10H2,1-3H3,(H,16,17);2*1H,(H,2,3)/t12-,13-;;/m0../s1. The van der Waals surface area contributed by atoms with Crippen molar-refractivity contribution < 1.29 is 24.5 Å². The lowest BCUT2D eigenvalue weighted by molar-refractivity contribution is -0.123. The first kappa shape index (κ1) is 22.1. The Morgan fingerprint density at radius 3 is 2.46 bits per heavy atom. The number of ether oxygens (including phenoxy) is 1. The first-order chi connectivity index (χ1) is 12.5. The summed E-state index contributed by atoms with van der Waals surface area (Å²) < 4.78 is 5.84. The highest BCUT2D eigenvalue weighted by Gasteiger charge is 2.32. The van der Waals surface area contributed by atoms with Gasteiger partial charge >= 0.3 is 0 Å². The van der Waals surface area contributed by atoms with E-state index in [-0.39, 0.29) is 12.9 Å². The van der Waals surface area contributed by atoms with E-state index in [0.717, 1.165) is 51.6 Å². The zero-order valence-corrected chi connectivity index (χ0v) is 15.7. The van der Waals surface area contributed by atoms with Crippen LogP contribution in [0.2, 0.25) is 0 Å². The minimum atomic E-state index is -0.250. The van der Waals surface area contributed by atoms with Gasteiger partial charge in [-0.3, -0.25) is 14.5 Å². The molecule has 0 saturated carbocycles. The third-order valence-electron chi connectivity index (χ3n) is 4.49. The summed E-state index contributed by atoms with van der Waals surface area (Å²) in [5.41, 5.74) is 2.42. The number of rotatable bonds is 3. The van der Waals surface area contributed by atoms with Crippen molar-refractivity contribution in [2.24, 2.45) is 5.92 Å². The van der Waals surface area contributed by atoms with Crippen LogP contribution in [0.25, 0.3) is 0 Å². The van der Waals surface area contributed by atoms with Crippen molar-refractivity contribution in [2.75, 3.05) is 39.9 Å². The summed E-state index contributed by atoms with van der Waals surface area (Å²) in [6.45, 7) is 9.84. The normalized spacial score (nSPS) is 22.9. The highest BCUT2D eigenvalue weighted by atomic mass is 16.5. The monoisotopic (exact) mass is 370 g/mol. The third kappa shape index (κ3) is 6.74. The highest BCUT2D eigenvalue weighted by Crippen LogP contribution is 2.21. The maximum absolute atomic E-state index is 8.36. The summed E-state index contributed by atoms with van der Waals surface area (Å²) in [6, 6.07) is 0.494. The molecule has 2 aliphatic heterocycles. The fourth-order valence-electron chi connectivity index (χ4n) is 3.43. The quantitative estimate of drug-likeness (QED) is 0.656. The molecule has 2 fully saturated rings. The Bertz CT molecular complexity index is 545. The van der Waals surface area contributed by atoms with Gasteiger partial charge in [0.1, 0.15) is 5.82 Å². The summed E-state index contributed by atoms with van der Waals surface area (Å²) in [5.74, 6) is 1.72. The Morgan fingerprint density at radius 2 is 1.88 bits per heavy atom. The average molecular weight is 370 g/mol. The zero-order chi connectivity index (χ0) is 19.5. The molecule has 0 radical (unpaired) electrons. The van der Waals surface area contributed by atoms with Crippen molar-refractivity contribution in [1.29, 1.82) is 0 Å². The molecule has 3 N–H and O–H groups in total. The molecule has 2 atom stereocenters. The Morgan fingerprint density at radius 1 is 1.23 bits per heavy atom. The predicted octanol–water partition coefficient (Wildman–Crippen LogP) is 0.445. The van der Waals surface area contributed by atoms with Crippen LogP contribution in [-0.4, -0.2) is 88.9 Å². The topological polar surface area (TPSA) is 119 Å². The fourth-order valence-corrected chi connectivity index (χ4v) is 3.43. The third-order valence-corrected chi connectivity index (χ3v) is 4.49. The molecule has 0 amide bonds. The molecule has 1 aromatic rings. The predicted molar refractivity (Wildman–Crippen MR) is 96.1 cm³/mol. The molecule has 2 saturated heterocycles. The second-order valence-electron chi connectivity index (χ2n) is 6.53. The molecule has 0 spiro atoms. The number of aromatic amines is 1. The number of aromatic nitrogens is 2. The lowest BCUT2D eigenvalue weighted by Gasteiger charge is -2.29. The van der Waals surface area contributed by atoms with Gasteiger partial charge in [0.25, 0.3) is 12.9 Å². The van der Waals surface area contributed by atoms with E-state index in [9.17, 15) is 0 Å². The van der Waals surface area contributed by atoms with E-state index in [2.05, 4.69) is 35.7 Å². The van der Waals surface area contributed by atoms with Gasteiger partial charge in [0.2, 0.25) is 0 Å². The van der Waals surface area contributed by atoms with Crippen molar-refractivity contribution in [2.45, 2.75) is 32.9 Å². The molecule has 2 bridgehead atoms. The van der Waals surface area contributed by atoms with E-state index < -0.39 is 0 Å². The van der Waals surface area contributed by atoms with Crippen LogP contribution in [-0.2, 0) is 27.3 Å². The lowest BCUT2D eigenvalue weighted by atomic mass is 10.1. The number of likely N-dealkylation sites (N-methyl/N-ethyl adjacent to an activating group) is 1. The fraction of sp³-hybridized carbons (Fsp3) is 0.706. The number of fused-ring (bicyclic) bond motifs is 3. The van der Waals surface area contributed by atoms with Gasteiger partial charge in [-0.25, -0.2) is 4.98 Å². The number of nitrogens with one attached hydrogen (secondary N) is 1. The molecular formula is C17H30N4O5. The van der Waals surface area contributed by atoms with Crippen LogP contribution in [0.1, 0.15) is 24.1 Å². The molecule has 1 aromatic heterocycles. The van der Waals surface area contributed by atoms with Crippen molar-refractivity contribution in [3.8, 4) is 0 Å². The summed E-state index contributed by atoms with van der Waals surface area (Å²) in [4.78, 5) is 29.9. The van der Waals surface area contributed by atoms with Crippen molar-refractivity contribution in [3.05, 3.63) is 17.2 Å². The summed E-state index contributed by atoms with van der Waals surface area (Å²) >= 11 is 0. The average Bonchev–Trinajstić information content (AvgIpc) is 2.72. The van der Waals surface area contributed by atoms with Crippen molar-refractivity contribution in [1.82, 2.24) is 19.8 Å². The minimum Gasteiger partial charge on any atom is -0.483 e. The molecule has 9 nitrogen and oxygen atoms in total. The highest BCUT2D eigenvalue weighted by molar-refractivity contribution is 5.33. The van der Waals surface area contributed by atoms with Crippen LogP contribution in [0.4, 0.5) is 0 Å². The van der Waals surface area contributed by atoms with Gasteiger partial charge in [-0.1, -0.05) is 6.92 Å². The number of imidazole rings is 1. The number of hydrogen-bond donors (Lipinski definition) is 3. The van der Waals surface area contributed by atoms with Crippen molar-refractivity contribution in [3.63, 3.8) is 0 Å². The van der Waals surface area contributed by atoms with Gasteiger partial charge < -0.3 is 24.8 Å². The van der Waals surface area contributed by atoms with Gasteiger partial charge in [0.15, 0.2) is 0 Å². The van der Waals surface area contributed by atoms with Crippen LogP contribution < -0.4 is 0 Å². The van der Waals surface area contributed by atoms with E-state index in [0.29, 0.717) is 12.0 Å². The molecule has 148 valence electrons. The number of H-pyrrole nitrogens is 1. The first-order valence-corrected chi connectivity index (χ1v) is 8.69. The molecule has 0 aromatic carbocycles. The largest absolute Gasteiger partial charge is 0.483 e. The summed E-state index contributed by atoms with van der Waals surface area (Å²) in [5, 5.41) is 13.8. The van der Waals surface area contributed by atoms with Gasteiger partial charge in [-0.05, 0) is 14.0 Å². The maximum atomic E-state index is 8.36. The molecule has 3 rings (SSSR count). The Balaban J connectivity index is 0.000000499. The lowest BCUT2D eigenvalue weighted by Crippen LogP contribution is -2.42. The molecular weight excluding hydrogens is 340 g/mol. The van der Waals surface area contributed by atoms with E-state index in [1.165, 1.54) is 11.4 Å². The Labute approximate surface area is 154 Å². The second-order valence-corrected chi connectivity index (χ2v) is 6.53. The molecule has 0 aliphatic carbocycles. The smallest absolute Gasteiger partial charge is 0.290 e. The van der Waals surface area contributed by atoms with Crippen LogP contribution in [0.3, 0.4) is 0 Å². The SMILES string of the molecule is CCc1nc(CN2C[C@H]3COC[C@@H]2CN(C)C3)c(C)[nH]1.O=CO.O=CO. The first-order valence-electron chi connectivity index (χ1n) is 8.69. The van der Waals surface area contributed by atoms with Gasteiger partial charge in [-0.2, -0.15) is 0 Å². The number of carbonyl (C=O) groups is 2. The van der Waals surface area contributed by atoms with E-state index in [1.54, 1.807) is 0 Å². The molecule has 9 heteroatoms. The number of hydrogen-bond acceptors (Lipinski definition) is 6. The van der Waals surface area contributed by atoms with Crippen LogP contribution in [0.15, 0.2) is 0 Å². The van der Waals surface area contributed by atoms with E-state index in [1.807, 2.05) is 0 Å². The minimum absolute atomic E-state index is 0.250. The van der Waals surface area contributed by atoms with E-state index in [4.69, 9.17) is 29.5 Å². The van der Waals surface area contributed by atoms with Crippen LogP contribution in [0.5, 0.6) is 0 Å². The van der Waals surface area contributed by atoms with E-state index >= 15 is 0 Å². The van der Waals surface area contributed by atoms with Crippen molar-refractivity contribution >= 4 is 12.9 Å². The number of nitrogens with zero attached hydrogens (tertiary/aromatic N) is 3. The van der Waals surface area contributed by atoms with Crippen LogP contribution >= 0.6 is 0 Å². The molecule has 0 unspecified atom stereocenters. The van der Waals surface area contributed by atoms with Crippen LogP contribution in [0, 0.1) is 12.8 Å².